The maximum absolute atomic E-state index is 10.4. The molecule has 140 valence electrons. The van der Waals surface area contributed by atoms with Crippen molar-refractivity contribution in [3.8, 4) is 0 Å². The average molecular weight is 367 g/mol. The van der Waals surface area contributed by atoms with Gasteiger partial charge in [0, 0.05) is 0 Å². The van der Waals surface area contributed by atoms with Crippen LogP contribution in [0.4, 0.5) is 0 Å². The molecule has 0 amide bonds. The molecule has 0 N–H and O–H groups in total. The van der Waals surface area contributed by atoms with E-state index in [1.807, 2.05) is 6.92 Å². The lowest BCUT2D eigenvalue weighted by Crippen LogP contribution is -2.30. The fourth-order valence-electron chi connectivity index (χ4n) is 2.41. The maximum atomic E-state index is 10.4. The summed E-state index contributed by atoms with van der Waals surface area (Å²) in [5.74, 6) is 0. The van der Waals surface area contributed by atoms with Gasteiger partial charge in [-0.3, -0.25) is 0 Å². The molecular weight excluding hydrogens is 336 g/mol. The minimum absolute atomic E-state index is 0.178. The SMILES string of the molecule is CCCCCCCC[n+]1ccn(C)c1.Cc1ccc(S(=O)(=O)[O-])cc1. The van der Waals surface area contributed by atoms with Gasteiger partial charge < -0.3 is 4.55 Å². The molecule has 0 atom stereocenters. The van der Waals surface area contributed by atoms with Crippen LogP contribution in [0.5, 0.6) is 0 Å². The van der Waals surface area contributed by atoms with E-state index in [4.69, 9.17) is 0 Å². The summed E-state index contributed by atoms with van der Waals surface area (Å²) in [6.45, 7) is 5.26. The van der Waals surface area contributed by atoms with Crippen molar-refractivity contribution in [2.45, 2.75) is 63.8 Å². The second-order valence-corrected chi connectivity index (χ2v) is 7.73. The maximum Gasteiger partial charge on any atom is 0.243 e. The summed E-state index contributed by atoms with van der Waals surface area (Å²) < 4.78 is 35.5. The fourth-order valence-corrected chi connectivity index (χ4v) is 2.88. The summed E-state index contributed by atoms with van der Waals surface area (Å²) in [6, 6.07) is 5.78. The highest BCUT2D eigenvalue weighted by Gasteiger charge is 1.99. The predicted molar refractivity (Wildman–Crippen MR) is 98.1 cm³/mol. The molecule has 1 aromatic heterocycles. The van der Waals surface area contributed by atoms with Crippen molar-refractivity contribution in [2.75, 3.05) is 0 Å². The van der Waals surface area contributed by atoms with Gasteiger partial charge in [-0.15, -0.1) is 0 Å². The standard InChI is InChI=1S/C12H23N2.C7H8O3S/c1-3-4-5-6-7-8-9-14-11-10-13(2)12-14;1-6-2-4-7(5-3-6)11(8,9)10/h10-12H,3-9H2,1-2H3;2-5H,1H3,(H,8,9,10)/q+1;/p-1. The quantitative estimate of drug-likeness (QED) is 0.407. The molecule has 0 fully saturated rings. The van der Waals surface area contributed by atoms with E-state index in [1.165, 1.54) is 57.2 Å². The van der Waals surface area contributed by atoms with E-state index in [-0.39, 0.29) is 4.90 Å². The highest BCUT2D eigenvalue weighted by Crippen LogP contribution is 2.08. The van der Waals surface area contributed by atoms with Crippen LogP contribution in [0.3, 0.4) is 0 Å². The van der Waals surface area contributed by atoms with Crippen LogP contribution >= 0.6 is 0 Å². The zero-order valence-electron chi connectivity index (χ0n) is 15.5. The normalized spacial score (nSPS) is 11.0. The Morgan fingerprint density at radius 2 is 1.64 bits per heavy atom. The average Bonchev–Trinajstić information content (AvgIpc) is 2.96. The van der Waals surface area contributed by atoms with Gasteiger partial charge >= 0.3 is 0 Å². The van der Waals surface area contributed by atoms with Crippen molar-refractivity contribution >= 4 is 10.1 Å². The molecular formula is C19H30N2O3S. The van der Waals surface area contributed by atoms with Gasteiger partial charge in [-0.2, -0.15) is 0 Å². The second-order valence-electron chi connectivity index (χ2n) is 6.35. The molecule has 0 aliphatic heterocycles. The Balaban J connectivity index is 0.000000257. The Labute approximate surface area is 152 Å². The van der Waals surface area contributed by atoms with Gasteiger partial charge in [-0.25, -0.2) is 17.6 Å². The third-order valence-electron chi connectivity index (χ3n) is 3.90. The Hall–Kier alpha value is -1.66. The zero-order valence-corrected chi connectivity index (χ0v) is 16.3. The summed E-state index contributed by atoms with van der Waals surface area (Å²) in [5, 5.41) is 0. The Morgan fingerprint density at radius 3 is 2.16 bits per heavy atom. The van der Waals surface area contributed by atoms with E-state index in [0.717, 1.165) is 5.56 Å². The molecule has 0 bridgehead atoms. The van der Waals surface area contributed by atoms with Crippen molar-refractivity contribution in [3.05, 3.63) is 48.5 Å². The van der Waals surface area contributed by atoms with E-state index in [1.54, 1.807) is 12.1 Å². The van der Waals surface area contributed by atoms with Gasteiger partial charge in [-0.05, 0) is 31.9 Å². The molecule has 0 aliphatic rings. The number of hydrogen-bond donors (Lipinski definition) is 0. The van der Waals surface area contributed by atoms with E-state index < -0.39 is 10.1 Å². The fraction of sp³-hybridized carbons (Fsp3) is 0.526. The van der Waals surface area contributed by atoms with Crippen LogP contribution < -0.4 is 4.57 Å². The molecule has 1 aromatic carbocycles. The van der Waals surface area contributed by atoms with Crippen LogP contribution in [-0.4, -0.2) is 17.5 Å². The van der Waals surface area contributed by atoms with E-state index in [0.29, 0.717) is 0 Å². The Kier molecular flexibility index (Phi) is 9.45. The third kappa shape index (κ3) is 9.41. The molecule has 1 heterocycles. The van der Waals surface area contributed by atoms with E-state index in [2.05, 4.69) is 41.8 Å². The van der Waals surface area contributed by atoms with E-state index >= 15 is 0 Å². The molecule has 2 aromatic rings. The van der Waals surface area contributed by atoms with E-state index in [9.17, 15) is 13.0 Å². The van der Waals surface area contributed by atoms with Crippen molar-refractivity contribution < 1.29 is 17.5 Å². The number of hydrogen-bond acceptors (Lipinski definition) is 3. The number of rotatable bonds is 8. The number of aromatic nitrogens is 2. The number of nitrogens with zero attached hydrogens (tertiary/aromatic N) is 2. The topological polar surface area (TPSA) is 66.0 Å². The molecule has 6 heteroatoms. The van der Waals surface area contributed by atoms with Crippen LogP contribution in [0.15, 0.2) is 47.9 Å². The highest BCUT2D eigenvalue weighted by atomic mass is 32.2. The lowest BCUT2D eigenvalue weighted by Gasteiger charge is -2.05. The third-order valence-corrected chi connectivity index (χ3v) is 4.75. The van der Waals surface area contributed by atoms with Crippen molar-refractivity contribution in [1.82, 2.24) is 4.57 Å². The van der Waals surface area contributed by atoms with Crippen LogP contribution in [0.1, 0.15) is 51.0 Å². The van der Waals surface area contributed by atoms with Crippen LogP contribution in [0.2, 0.25) is 0 Å². The number of aryl methyl sites for hydroxylation is 3. The zero-order chi connectivity index (χ0) is 18.7. The summed E-state index contributed by atoms with van der Waals surface area (Å²) in [5.41, 5.74) is 0.928. The predicted octanol–water partition coefficient (Wildman–Crippen LogP) is 3.57. The smallest absolute Gasteiger partial charge is 0.243 e. The minimum atomic E-state index is -4.27. The lowest BCUT2D eigenvalue weighted by atomic mass is 10.1. The van der Waals surface area contributed by atoms with Gasteiger partial charge in [0.1, 0.15) is 22.5 Å². The van der Waals surface area contributed by atoms with Gasteiger partial charge in [0.15, 0.2) is 0 Å². The van der Waals surface area contributed by atoms with Gasteiger partial charge in [0.05, 0.1) is 18.5 Å². The summed E-state index contributed by atoms with van der Waals surface area (Å²) in [4.78, 5) is -0.178. The Bertz CT molecular complexity index is 707. The number of benzene rings is 1. The van der Waals surface area contributed by atoms with Crippen molar-refractivity contribution in [2.24, 2.45) is 7.05 Å². The molecule has 0 saturated heterocycles. The van der Waals surface area contributed by atoms with Gasteiger partial charge in [-0.1, -0.05) is 50.3 Å². The molecule has 0 aliphatic carbocycles. The second kappa shape index (κ2) is 11.1. The molecule has 2 rings (SSSR count). The largest absolute Gasteiger partial charge is 0.744 e. The monoisotopic (exact) mass is 366 g/mol. The molecule has 0 unspecified atom stereocenters. The van der Waals surface area contributed by atoms with Crippen LogP contribution in [-0.2, 0) is 23.7 Å². The first kappa shape index (κ1) is 21.4. The molecule has 25 heavy (non-hydrogen) atoms. The summed E-state index contributed by atoms with van der Waals surface area (Å²) in [7, 11) is -2.20. The summed E-state index contributed by atoms with van der Waals surface area (Å²) in [6.07, 6.45) is 14.6. The number of imidazole rings is 1. The molecule has 0 saturated carbocycles. The molecule has 0 spiro atoms. The minimum Gasteiger partial charge on any atom is -0.744 e. The first-order valence-corrected chi connectivity index (χ1v) is 10.3. The van der Waals surface area contributed by atoms with Gasteiger partial charge in [0.25, 0.3) is 0 Å². The summed E-state index contributed by atoms with van der Waals surface area (Å²) >= 11 is 0. The highest BCUT2D eigenvalue weighted by molar-refractivity contribution is 7.85. The van der Waals surface area contributed by atoms with Crippen LogP contribution in [0.25, 0.3) is 0 Å². The van der Waals surface area contributed by atoms with Crippen LogP contribution in [0, 0.1) is 6.92 Å². The first-order chi connectivity index (χ1) is 11.8. The molecule has 5 nitrogen and oxygen atoms in total. The lowest BCUT2D eigenvalue weighted by molar-refractivity contribution is -0.696. The first-order valence-electron chi connectivity index (χ1n) is 8.86. The molecule has 0 radical (unpaired) electrons. The number of unbranched alkanes of at least 4 members (excludes halogenated alkanes) is 5. The van der Waals surface area contributed by atoms with Gasteiger partial charge in [0.2, 0.25) is 6.33 Å². The Morgan fingerprint density at radius 1 is 1.04 bits per heavy atom. The van der Waals surface area contributed by atoms with Crippen molar-refractivity contribution in [3.63, 3.8) is 0 Å². The van der Waals surface area contributed by atoms with Crippen molar-refractivity contribution in [1.29, 1.82) is 0 Å².